The number of methoxy groups -OCH3 is 2. The van der Waals surface area contributed by atoms with Crippen LogP contribution in [0.15, 0.2) is 22.7 Å². The molecule has 2 fully saturated rings. The molecule has 1 unspecified atom stereocenters. The number of nitrogens with zero attached hydrogens (tertiary/aromatic N) is 3. The molecule has 1 aromatic carbocycles. The van der Waals surface area contributed by atoms with Crippen molar-refractivity contribution in [1.82, 2.24) is 15.0 Å². The molecule has 29 heavy (non-hydrogen) atoms. The summed E-state index contributed by atoms with van der Waals surface area (Å²) in [5.41, 5.74) is 2.72. The number of hydrogen-bond donors (Lipinski definition) is 0. The zero-order valence-corrected chi connectivity index (χ0v) is 17.7. The van der Waals surface area contributed by atoms with Crippen molar-refractivity contribution in [3.8, 4) is 11.5 Å². The minimum atomic E-state index is 0.00372. The lowest BCUT2D eigenvalue weighted by atomic mass is 9.77. The predicted octanol–water partition coefficient (Wildman–Crippen LogP) is 3.19. The molecule has 0 bridgehead atoms. The molecule has 4 rings (SSSR count). The average Bonchev–Trinajstić information content (AvgIpc) is 3.07. The summed E-state index contributed by atoms with van der Waals surface area (Å²) in [6.07, 6.45) is 3.21. The number of carbonyl (C=O) groups is 1. The smallest absolute Gasteiger partial charge is 0.257 e. The Balaban J connectivity index is 1.53. The molecule has 0 aliphatic carbocycles. The summed E-state index contributed by atoms with van der Waals surface area (Å²) in [7, 11) is 3.19. The van der Waals surface area contributed by atoms with Crippen LogP contribution in [0, 0.1) is 13.8 Å². The minimum Gasteiger partial charge on any atom is -0.497 e. The van der Waals surface area contributed by atoms with Crippen LogP contribution in [-0.4, -0.2) is 60.3 Å². The number of carbonyl (C=O) groups excluding carboxylic acids is 1. The average molecular weight is 399 g/mol. The first kappa shape index (κ1) is 19.8. The van der Waals surface area contributed by atoms with Gasteiger partial charge < -0.3 is 18.9 Å². The molecule has 7 heteroatoms. The molecule has 2 aliphatic heterocycles. The predicted molar refractivity (Wildman–Crippen MR) is 108 cm³/mol. The van der Waals surface area contributed by atoms with Crippen LogP contribution in [0.4, 0.5) is 0 Å². The monoisotopic (exact) mass is 399 g/mol. The van der Waals surface area contributed by atoms with Crippen LogP contribution in [0.5, 0.6) is 11.5 Å². The van der Waals surface area contributed by atoms with Gasteiger partial charge in [0.2, 0.25) is 0 Å². The number of rotatable bonds is 5. The lowest BCUT2D eigenvalue weighted by Gasteiger charge is -2.57. The molecule has 2 aromatic rings. The summed E-state index contributed by atoms with van der Waals surface area (Å²) >= 11 is 0. The Kier molecular flexibility index (Phi) is 5.25. The molecule has 156 valence electrons. The maximum absolute atomic E-state index is 13.4. The Labute approximate surface area is 171 Å². The lowest BCUT2D eigenvalue weighted by Crippen LogP contribution is -2.67. The molecule has 1 aromatic heterocycles. The first-order chi connectivity index (χ1) is 14.0. The second-order valence-corrected chi connectivity index (χ2v) is 8.10. The van der Waals surface area contributed by atoms with Crippen LogP contribution in [-0.2, 0) is 6.54 Å². The zero-order valence-electron chi connectivity index (χ0n) is 17.7. The number of benzene rings is 1. The number of piperidine rings is 1. The first-order valence-corrected chi connectivity index (χ1v) is 10.2. The first-order valence-electron chi connectivity index (χ1n) is 10.2. The summed E-state index contributed by atoms with van der Waals surface area (Å²) < 4.78 is 16.1. The molecule has 2 aliphatic rings. The van der Waals surface area contributed by atoms with Gasteiger partial charge in [-0.2, -0.15) is 0 Å². The van der Waals surface area contributed by atoms with Crippen molar-refractivity contribution in [3.05, 3.63) is 40.8 Å². The van der Waals surface area contributed by atoms with Crippen LogP contribution >= 0.6 is 0 Å². The lowest BCUT2D eigenvalue weighted by molar-refractivity contribution is -0.0651. The summed E-state index contributed by atoms with van der Waals surface area (Å²) in [6.45, 7) is 7.31. The fourth-order valence-corrected chi connectivity index (χ4v) is 4.65. The quantitative estimate of drug-likeness (QED) is 0.769. The SMILES string of the molecule is COc1ccc(OC)c(C(=O)N2CCCC3(CCN3Cc3c(C)noc3C)C2)c1. The molecule has 0 saturated carbocycles. The second kappa shape index (κ2) is 7.71. The standard InChI is InChI=1S/C22H29N3O4/c1-15-19(16(2)29-23-15)13-25-11-9-22(25)8-5-10-24(14-22)21(26)18-12-17(27-3)6-7-20(18)28-4/h6-7,12H,5,8-11,13-14H2,1-4H3. The van der Waals surface area contributed by atoms with Crippen LogP contribution in [0.25, 0.3) is 0 Å². The van der Waals surface area contributed by atoms with E-state index in [1.54, 1.807) is 26.4 Å². The van der Waals surface area contributed by atoms with E-state index in [1.807, 2.05) is 24.8 Å². The normalized spacial score (nSPS) is 21.9. The number of aromatic nitrogens is 1. The number of amides is 1. The maximum atomic E-state index is 13.4. The van der Waals surface area contributed by atoms with Gasteiger partial charge in [-0.1, -0.05) is 5.16 Å². The Bertz CT molecular complexity index is 890. The summed E-state index contributed by atoms with van der Waals surface area (Å²) in [5.74, 6) is 2.12. The number of hydrogen-bond acceptors (Lipinski definition) is 6. The van der Waals surface area contributed by atoms with Crippen molar-refractivity contribution in [2.75, 3.05) is 33.9 Å². The number of ether oxygens (including phenoxy) is 2. The van der Waals surface area contributed by atoms with Gasteiger partial charge in [0.1, 0.15) is 17.3 Å². The highest BCUT2D eigenvalue weighted by Crippen LogP contribution is 2.41. The Morgan fingerprint density at radius 3 is 2.66 bits per heavy atom. The van der Waals surface area contributed by atoms with Gasteiger partial charge in [-0.15, -0.1) is 0 Å². The molecule has 2 saturated heterocycles. The molecule has 0 radical (unpaired) electrons. The fraction of sp³-hybridized carbons (Fsp3) is 0.545. The highest BCUT2D eigenvalue weighted by molar-refractivity contribution is 5.97. The zero-order chi connectivity index (χ0) is 20.6. The van der Waals surface area contributed by atoms with Gasteiger partial charge >= 0.3 is 0 Å². The highest BCUT2D eigenvalue weighted by Gasteiger charge is 2.48. The third kappa shape index (κ3) is 3.48. The van der Waals surface area contributed by atoms with Gasteiger partial charge in [0, 0.05) is 37.3 Å². The van der Waals surface area contributed by atoms with E-state index in [0.717, 1.165) is 56.9 Å². The molecule has 1 atom stereocenters. The Morgan fingerprint density at radius 1 is 1.21 bits per heavy atom. The van der Waals surface area contributed by atoms with E-state index >= 15 is 0 Å². The largest absolute Gasteiger partial charge is 0.497 e. The van der Waals surface area contributed by atoms with Gasteiger partial charge in [0.15, 0.2) is 0 Å². The van der Waals surface area contributed by atoms with Crippen LogP contribution < -0.4 is 9.47 Å². The molecule has 0 N–H and O–H groups in total. The Morgan fingerprint density at radius 2 is 2.03 bits per heavy atom. The van der Waals surface area contributed by atoms with Crippen molar-refractivity contribution in [2.24, 2.45) is 0 Å². The van der Waals surface area contributed by atoms with E-state index in [0.29, 0.717) is 17.1 Å². The third-order valence-electron chi connectivity index (χ3n) is 6.53. The van der Waals surface area contributed by atoms with Crippen LogP contribution in [0.1, 0.15) is 46.6 Å². The summed E-state index contributed by atoms with van der Waals surface area (Å²) in [6, 6.07) is 5.37. The van der Waals surface area contributed by atoms with Crippen LogP contribution in [0.3, 0.4) is 0 Å². The molecule has 1 amide bonds. The Hall–Kier alpha value is -2.54. The number of likely N-dealkylation sites (tertiary alicyclic amines) is 2. The molecule has 3 heterocycles. The fourth-order valence-electron chi connectivity index (χ4n) is 4.65. The summed E-state index contributed by atoms with van der Waals surface area (Å²) in [5, 5.41) is 4.09. The van der Waals surface area contributed by atoms with E-state index in [4.69, 9.17) is 14.0 Å². The van der Waals surface area contributed by atoms with Crippen molar-refractivity contribution >= 4 is 5.91 Å². The van der Waals surface area contributed by atoms with Crippen molar-refractivity contribution in [1.29, 1.82) is 0 Å². The van der Waals surface area contributed by atoms with E-state index in [-0.39, 0.29) is 11.4 Å². The maximum Gasteiger partial charge on any atom is 0.257 e. The molecular weight excluding hydrogens is 370 g/mol. The van der Waals surface area contributed by atoms with Crippen molar-refractivity contribution in [2.45, 2.75) is 45.2 Å². The molecular formula is C22H29N3O4. The van der Waals surface area contributed by atoms with Gasteiger partial charge in [-0.25, -0.2) is 0 Å². The number of aryl methyl sites for hydroxylation is 2. The topological polar surface area (TPSA) is 68.0 Å². The van der Waals surface area contributed by atoms with Crippen molar-refractivity contribution in [3.63, 3.8) is 0 Å². The van der Waals surface area contributed by atoms with Gasteiger partial charge in [0.25, 0.3) is 5.91 Å². The van der Waals surface area contributed by atoms with E-state index in [2.05, 4.69) is 10.1 Å². The van der Waals surface area contributed by atoms with Gasteiger partial charge in [-0.3, -0.25) is 9.69 Å². The van der Waals surface area contributed by atoms with Crippen molar-refractivity contribution < 1.29 is 18.8 Å². The van der Waals surface area contributed by atoms with E-state index < -0.39 is 0 Å². The van der Waals surface area contributed by atoms with Crippen LogP contribution in [0.2, 0.25) is 0 Å². The van der Waals surface area contributed by atoms with E-state index in [1.165, 1.54) is 5.56 Å². The molecule has 7 nitrogen and oxygen atoms in total. The van der Waals surface area contributed by atoms with Gasteiger partial charge in [-0.05, 0) is 51.3 Å². The van der Waals surface area contributed by atoms with E-state index in [9.17, 15) is 4.79 Å². The second-order valence-electron chi connectivity index (χ2n) is 8.10. The summed E-state index contributed by atoms with van der Waals surface area (Å²) in [4.78, 5) is 17.8. The van der Waals surface area contributed by atoms with Gasteiger partial charge in [0.05, 0.1) is 25.5 Å². The highest BCUT2D eigenvalue weighted by atomic mass is 16.5. The minimum absolute atomic E-state index is 0.00372. The third-order valence-corrected chi connectivity index (χ3v) is 6.53. The molecule has 1 spiro atoms.